The number of rotatable bonds is 4. The predicted octanol–water partition coefficient (Wildman–Crippen LogP) is 2.40. The number of primary amides is 1. The van der Waals surface area contributed by atoms with Gasteiger partial charge in [0.2, 0.25) is 5.91 Å². The number of carbonyl (C=O) groups is 1. The van der Waals surface area contributed by atoms with Gasteiger partial charge in [0.15, 0.2) is 0 Å². The molecule has 0 aromatic heterocycles. The average molecular weight is 301 g/mol. The van der Waals surface area contributed by atoms with Gasteiger partial charge in [-0.15, -0.1) is 0 Å². The molecule has 2 aliphatic rings. The molecule has 2 heterocycles. The Bertz CT molecular complexity index is 557. The molecule has 2 unspecified atom stereocenters. The number of carbonyl (C=O) groups excluding carboxylic acids is 1. The molecule has 2 atom stereocenters. The third-order valence-corrected chi connectivity index (χ3v) is 5.31. The number of anilines is 1. The smallest absolute Gasteiger partial charge is 0.248 e. The van der Waals surface area contributed by atoms with Gasteiger partial charge in [-0.25, -0.2) is 0 Å². The molecule has 4 heteroatoms. The molecule has 22 heavy (non-hydrogen) atoms. The molecule has 0 bridgehead atoms. The van der Waals surface area contributed by atoms with Gasteiger partial charge in [-0.05, 0) is 69.3 Å². The number of likely N-dealkylation sites (tertiary alicyclic amines) is 1. The summed E-state index contributed by atoms with van der Waals surface area (Å²) in [6.45, 7) is 9.05. The number of nitrogens with two attached hydrogens (primary N) is 1. The highest BCUT2D eigenvalue weighted by Crippen LogP contribution is 2.28. The predicted molar refractivity (Wildman–Crippen MR) is 90.3 cm³/mol. The summed E-state index contributed by atoms with van der Waals surface area (Å²) >= 11 is 0. The Morgan fingerprint density at radius 2 is 2.14 bits per heavy atom. The molecule has 0 aliphatic carbocycles. The van der Waals surface area contributed by atoms with E-state index in [1.807, 2.05) is 19.1 Å². The van der Waals surface area contributed by atoms with Crippen LogP contribution >= 0.6 is 0 Å². The van der Waals surface area contributed by atoms with E-state index in [0.29, 0.717) is 5.56 Å². The summed E-state index contributed by atoms with van der Waals surface area (Å²) < 4.78 is 0. The number of amides is 1. The fourth-order valence-electron chi connectivity index (χ4n) is 3.93. The molecular weight excluding hydrogens is 274 g/mol. The molecule has 0 saturated carbocycles. The van der Waals surface area contributed by atoms with Gasteiger partial charge in [-0.2, -0.15) is 0 Å². The SMILES string of the molecule is Cc1cc(N2CCC(CN3CCCC3C)C2)ccc1C(N)=O. The largest absolute Gasteiger partial charge is 0.371 e. The second kappa shape index (κ2) is 6.29. The summed E-state index contributed by atoms with van der Waals surface area (Å²) in [6.07, 6.45) is 3.97. The van der Waals surface area contributed by atoms with Crippen molar-refractivity contribution in [3.8, 4) is 0 Å². The lowest BCUT2D eigenvalue weighted by molar-refractivity contribution is 0.0999. The Kier molecular flexibility index (Phi) is 4.39. The standard InChI is InChI=1S/C18H27N3O/c1-13-10-16(5-6-17(13)18(19)22)21-9-7-15(12-21)11-20-8-3-4-14(20)2/h5-6,10,14-15H,3-4,7-9,11-12H2,1-2H3,(H2,19,22). The van der Waals surface area contributed by atoms with Gasteiger partial charge >= 0.3 is 0 Å². The lowest BCUT2D eigenvalue weighted by atomic mass is 10.1. The maximum atomic E-state index is 11.3. The average Bonchev–Trinajstić information content (AvgIpc) is 3.09. The van der Waals surface area contributed by atoms with E-state index in [1.54, 1.807) is 0 Å². The molecule has 2 N–H and O–H groups in total. The van der Waals surface area contributed by atoms with Crippen LogP contribution in [-0.2, 0) is 0 Å². The summed E-state index contributed by atoms with van der Waals surface area (Å²) in [7, 11) is 0. The van der Waals surface area contributed by atoms with Crippen LogP contribution in [0.4, 0.5) is 5.69 Å². The number of aryl methyl sites for hydroxylation is 1. The molecule has 2 saturated heterocycles. The monoisotopic (exact) mass is 301 g/mol. The third kappa shape index (κ3) is 3.12. The molecule has 1 aromatic rings. The van der Waals surface area contributed by atoms with Crippen LogP contribution in [0.2, 0.25) is 0 Å². The maximum absolute atomic E-state index is 11.3. The van der Waals surface area contributed by atoms with Crippen LogP contribution in [0.15, 0.2) is 18.2 Å². The van der Waals surface area contributed by atoms with Crippen LogP contribution in [0, 0.1) is 12.8 Å². The zero-order chi connectivity index (χ0) is 15.7. The zero-order valence-electron chi connectivity index (χ0n) is 13.7. The van der Waals surface area contributed by atoms with Crippen LogP contribution < -0.4 is 10.6 Å². The highest BCUT2D eigenvalue weighted by Gasteiger charge is 2.28. The fraction of sp³-hybridized carbons (Fsp3) is 0.611. The van der Waals surface area contributed by atoms with Crippen LogP contribution in [0.5, 0.6) is 0 Å². The minimum atomic E-state index is -0.341. The minimum Gasteiger partial charge on any atom is -0.371 e. The summed E-state index contributed by atoms with van der Waals surface area (Å²) in [6, 6.07) is 6.75. The maximum Gasteiger partial charge on any atom is 0.248 e. The molecule has 3 rings (SSSR count). The van der Waals surface area contributed by atoms with Gasteiger partial charge in [-0.3, -0.25) is 4.79 Å². The van der Waals surface area contributed by atoms with Crippen LogP contribution in [0.1, 0.15) is 42.1 Å². The Balaban J connectivity index is 1.62. The van der Waals surface area contributed by atoms with Crippen molar-refractivity contribution >= 4 is 11.6 Å². The van der Waals surface area contributed by atoms with Crippen LogP contribution in [0.3, 0.4) is 0 Å². The first kappa shape index (κ1) is 15.3. The van der Waals surface area contributed by atoms with E-state index < -0.39 is 0 Å². The summed E-state index contributed by atoms with van der Waals surface area (Å²) in [4.78, 5) is 16.4. The second-order valence-corrected chi connectivity index (χ2v) is 6.95. The third-order valence-electron chi connectivity index (χ3n) is 5.31. The first-order valence-electron chi connectivity index (χ1n) is 8.44. The van der Waals surface area contributed by atoms with Gasteiger partial charge in [-0.1, -0.05) is 0 Å². The van der Waals surface area contributed by atoms with Crippen LogP contribution in [0.25, 0.3) is 0 Å². The summed E-state index contributed by atoms with van der Waals surface area (Å²) in [5, 5.41) is 0. The van der Waals surface area contributed by atoms with Crippen molar-refractivity contribution in [2.45, 2.75) is 39.2 Å². The van der Waals surface area contributed by atoms with E-state index in [0.717, 1.165) is 30.6 Å². The minimum absolute atomic E-state index is 0.341. The van der Waals surface area contributed by atoms with Gasteiger partial charge < -0.3 is 15.5 Å². The molecule has 1 amide bonds. The second-order valence-electron chi connectivity index (χ2n) is 6.95. The molecule has 4 nitrogen and oxygen atoms in total. The van der Waals surface area contributed by atoms with Gasteiger partial charge in [0.1, 0.15) is 0 Å². The fourth-order valence-corrected chi connectivity index (χ4v) is 3.93. The van der Waals surface area contributed by atoms with E-state index in [9.17, 15) is 4.79 Å². The van der Waals surface area contributed by atoms with E-state index in [2.05, 4.69) is 22.8 Å². The lowest BCUT2D eigenvalue weighted by Crippen LogP contribution is -2.33. The van der Waals surface area contributed by atoms with Gasteiger partial charge in [0.05, 0.1) is 0 Å². The van der Waals surface area contributed by atoms with Crippen molar-refractivity contribution in [2.24, 2.45) is 11.7 Å². The van der Waals surface area contributed by atoms with Gasteiger partial charge in [0.25, 0.3) is 0 Å². The lowest BCUT2D eigenvalue weighted by Gasteiger charge is -2.25. The molecule has 0 spiro atoms. The summed E-state index contributed by atoms with van der Waals surface area (Å²) in [5.41, 5.74) is 8.21. The highest BCUT2D eigenvalue weighted by molar-refractivity contribution is 5.94. The van der Waals surface area contributed by atoms with Crippen molar-refractivity contribution in [3.05, 3.63) is 29.3 Å². The first-order chi connectivity index (χ1) is 10.5. The number of hydrogen-bond acceptors (Lipinski definition) is 3. The van der Waals surface area contributed by atoms with E-state index in [4.69, 9.17) is 5.73 Å². The zero-order valence-corrected chi connectivity index (χ0v) is 13.7. The molecular formula is C18H27N3O. The van der Waals surface area contributed by atoms with Crippen molar-refractivity contribution < 1.29 is 4.79 Å². The molecule has 2 aliphatic heterocycles. The quantitative estimate of drug-likeness (QED) is 0.929. The Hall–Kier alpha value is -1.55. The Morgan fingerprint density at radius 3 is 2.77 bits per heavy atom. The highest BCUT2D eigenvalue weighted by atomic mass is 16.1. The Labute approximate surface area is 133 Å². The first-order valence-corrected chi connectivity index (χ1v) is 8.44. The van der Waals surface area contributed by atoms with Crippen LogP contribution in [-0.4, -0.2) is 43.0 Å². The number of hydrogen-bond donors (Lipinski definition) is 1. The summed E-state index contributed by atoms with van der Waals surface area (Å²) in [5.74, 6) is 0.419. The van der Waals surface area contributed by atoms with E-state index in [-0.39, 0.29) is 5.91 Å². The molecule has 0 radical (unpaired) electrons. The van der Waals surface area contributed by atoms with Crippen molar-refractivity contribution in [1.29, 1.82) is 0 Å². The van der Waals surface area contributed by atoms with Crippen molar-refractivity contribution in [1.82, 2.24) is 4.90 Å². The number of nitrogens with zero attached hydrogens (tertiary/aromatic N) is 2. The topological polar surface area (TPSA) is 49.6 Å². The number of benzene rings is 1. The van der Waals surface area contributed by atoms with Gasteiger partial charge in [0, 0.05) is 36.9 Å². The van der Waals surface area contributed by atoms with Crippen molar-refractivity contribution in [2.75, 3.05) is 31.1 Å². The van der Waals surface area contributed by atoms with E-state index in [1.165, 1.54) is 38.0 Å². The normalized spacial score (nSPS) is 25.8. The molecule has 2 fully saturated rings. The molecule has 1 aromatic carbocycles. The van der Waals surface area contributed by atoms with Crippen molar-refractivity contribution in [3.63, 3.8) is 0 Å². The molecule has 120 valence electrons. The Morgan fingerprint density at radius 1 is 1.32 bits per heavy atom. The van der Waals surface area contributed by atoms with E-state index >= 15 is 0 Å².